The molecular weight excluding hydrogens is 494 g/mol. The zero-order valence-electron chi connectivity index (χ0n) is 21.3. The molecule has 202 valence electrons. The van der Waals surface area contributed by atoms with Crippen molar-refractivity contribution in [3.63, 3.8) is 0 Å². The largest absolute Gasteiger partial charge is 0.487 e. The summed E-state index contributed by atoms with van der Waals surface area (Å²) in [6, 6.07) is 14.0. The van der Waals surface area contributed by atoms with Crippen LogP contribution in [0.2, 0.25) is 0 Å². The van der Waals surface area contributed by atoms with Crippen LogP contribution in [0.3, 0.4) is 0 Å². The van der Waals surface area contributed by atoms with E-state index in [1.165, 1.54) is 35.9 Å². The van der Waals surface area contributed by atoms with Gasteiger partial charge in [0.05, 0.1) is 18.1 Å². The first-order chi connectivity index (χ1) is 18.2. The average molecular weight is 526 g/mol. The van der Waals surface area contributed by atoms with E-state index in [1.54, 1.807) is 37.4 Å². The Morgan fingerprint density at radius 1 is 1.03 bits per heavy atom. The lowest BCUT2D eigenvalue weighted by atomic mass is 10.0. The van der Waals surface area contributed by atoms with Crippen molar-refractivity contribution in [3.05, 3.63) is 96.7 Å². The highest BCUT2D eigenvalue weighted by Gasteiger charge is 2.20. The molecule has 0 amide bonds. The molecule has 3 rings (SSSR count). The molecule has 0 atom stereocenters. The molecule has 1 aromatic heterocycles. The van der Waals surface area contributed by atoms with Gasteiger partial charge in [0, 0.05) is 63.5 Å². The van der Waals surface area contributed by atoms with Crippen LogP contribution >= 0.6 is 0 Å². The zero-order chi connectivity index (χ0) is 27.7. The molecular formula is C26H31N5O7. The second-order valence-corrected chi connectivity index (χ2v) is 8.60. The van der Waals surface area contributed by atoms with Gasteiger partial charge in [-0.15, -0.1) is 0 Å². The number of anilines is 1. The number of nitrogens with one attached hydrogen (secondary N) is 1. The van der Waals surface area contributed by atoms with E-state index in [2.05, 4.69) is 5.32 Å². The molecule has 2 N–H and O–H groups in total. The third-order valence-corrected chi connectivity index (χ3v) is 6.01. The fourth-order valence-electron chi connectivity index (χ4n) is 3.87. The predicted octanol–water partition coefficient (Wildman–Crippen LogP) is 1.40. The number of aromatic nitrogens is 2. The Labute approximate surface area is 218 Å². The van der Waals surface area contributed by atoms with Crippen LogP contribution in [0.5, 0.6) is 5.75 Å². The molecule has 0 spiro atoms. The summed E-state index contributed by atoms with van der Waals surface area (Å²) in [7, 11) is 2.98. The van der Waals surface area contributed by atoms with Gasteiger partial charge < -0.3 is 15.2 Å². The summed E-state index contributed by atoms with van der Waals surface area (Å²) in [5.74, 6) is 0.151. The summed E-state index contributed by atoms with van der Waals surface area (Å²) in [4.78, 5) is 49.6. The highest BCUT2D eigenvalue weighted by Crippen LogP contribution is 2.29. The Kier molecular flexibility index (Phi) is 9.91. The van der Waals surface area contributed by atoms with Gasteiger partial charge in [0.2, 0.25) is 0 Å². The standard InChI is InChI=1S/C26H31N5O7/c1-28-23(18-24(33)29(2)26(28)35)27-11-13-30(14-15-32)12-6-16-38-22-10-9-20(17-21(22)31(36)37)25(34)19-7-4-3-5-8-19/h3-5,7-10,17-18,27,32H,6,11-16H2,1-2H3. The van der Waals surface area contributed by atoms with Crippen LogP contribution in [0.15, 0.2) is 64.2 Å². The first kappa shape index (κ1) is 28.3. The van der Waals surface area contributed by atoms with Crippen LogP contribution in [-0.4, -0.2) is 69.2 Å². The molecule has 0 saturated heterocycles. The summed E-state index contributed by atoms with van der Waals surface area (Å²) in [6.45, 7) is 1.99. The fourth-order valence-corrected chi connectivity index (χ4v) is 3.87. The molecule has 12 nitrogen and oxygen atoms in total. The number of nitrogens with zero attached hydrogens (tertiary/aromatic N) is 4. The Bertz CT molecular complexity index is 1380. The van der Waals surface area contributed by atoms with E-state index in [9.17, 15) is 29.6 Å². The number of carbonyl (C=O) groups is 1. The van der Waals surface area contributed by atoms with Gasteiger partial charge in [0.1, 0.15) is 5.82 Å². The van der Waals surface area contributed by atoms with Crippen LogP contribution in [0.4, 0.5) is 11.5 Å². The van der Waals surface area contributed by atoms with Gasteiger partial charge in [0.15, 0.2) is 11.5 Å². The van der Waals surface area contributed by atoms with Crippen molar-refractivity contribution in [3.8, 4) is 5.75 Å². The normalized spacial score (nSPS) is 10.9. The lowest BCUT2D eigenvalue weighted by Gasteiger charge is -2.22. The lowest BCUT2D eigenvalue weighted by molar-refractivity contribution is -0.385. The fraction of sp³-hybridized carbons (Fsp3) is 0.346. The number of nitro benzene ring substituents is 1. The van der Waals surface area contributed by atoms with Crippen molar-refractivity contribution in [2.45, 2.75) is 6.42 Å². The highest BCUT2D eigenvalue weighted by molar-refractivity contribution is 6.09. The highest BCUT2D eigenvalue weighted by atomic mass is 16.6. The molecule has 12 heteroatoms. The quantitative estimate of drug-likeness (QED) is 0.138. The van der Waals surface area contributed by atoms with E-state index < -0.39 is 16.2 Å². The number of hydrogen-bond donors (Lipinski definition) is 2. The minimum atomic E-state index is -0.578. The first-order valence-corrected chi connectivity index (χ1v) is 12.1. The summed E-state index contributed by atoms with van der Waals surface area (Å²) in [6.07, 6.45) is 0.520. The maximum absolute atomic E-state index is 12.6. The van der Waals surface area contributed by atoms with Crippen LogP contribution in [-0.2, 0) is 14.1 Å². The number of nitro groups is 1. The Morgan fingerprint density at radius 2 is 1.76 bits per heavy atom. The Balaban J connectivity index is 1.55. The van der Waals surface area contributed by atoms with Crippen molar-refractivity contribution in [2.24, 2.45) is 14.1 Å². The van der Waals surface area contributed by atoms with E-state index in [1.807, 2.05) is 4.90 Å². The van der Waals surface area contributed by atoms with Crippen LogP contribution in [0.1, 0.15) is 22.3 Å². The van der Waals surface area contributed by atoms with Gasteiger partial charge >= 0.3 is 11.4 Å². The first-order valence-electron chi connectivity index (χ1n) is 12.1. The predicted molar refractivity (Wildman–Crippen MR) is 142 cm³/mol. The number of benzene rings is 2. The van der Waals surface area contributed by atoms with E-state index in [-0.39, 0.29) is 36.0 Å². The average Bonchev–Trinajstić information content (AvgIpc) is 2.92. The molecule has 0 aliphatic heterocycles. The summed E-state index contributed by atoms with van der Waals surface area (Å²) >= 11 is 0. The summed E-state index contributed by atoms with van der Waals surface area (Å²) in [5, 5.41) is 24.1. The molecule has 0 aliphatic carbocycles. The topological polar surface area (TPSA) is 149 Å². The van der Waals surface area contributed by atoms with Gasteiger partial charge in [0.25, 0.3) is 5.56 Å². The number of ketones is 1. The number of rotatable bonds is 14. The van der Waals surface area contributed by atoms with Crippen molar-refractivity contribution in [1.29, 1.82) is 0 Å². The molecule has 2 aromatic carbocycles. The van der Waals surface area contributed by atoms with Gasteiger partial charge in [-0.2, -0.15) is 0 Å². The number of hydrogen-bond acceptors (Lipinski definition) is 9. The second kappa shape index (κ2) is 13.3. The molecule has 0 bridgehead atoms. The van der Waals surface area contributed by atoms with Gasteiger partial charge in [-0.3, -0.25) is 33.7 Å². The monoisotopic (exact) mass is 525 g/mol. The third-order valence-electron chi connectivity index (χ3n) is 6.01. The Hall–Kier alpha value is -4.29. The lowest BCUT2D eigenvalue weighted by Crippen LogP contribution is -2.38. The van der Waals surface area contributed by atoms with Gasteiger partial charge in [-0.1, -0.05) is 30.3 Å². The zero-order valence-corrected chi connectivity index (χ0v) is 21.3. The maximum Gasteiger partial charge on any atom is 0.332 e. The number of aliphatic hydroxyl groups excluding tert-OH is 1. The molecule has 0 fully saturated rings. The van der Waals surface area contributed by atoms with Crippen molar-refractivity contribution in [2.75, 3.05) is 44.7 Å². The minimum absolute atomic E-state index is 0.0619. The molecule has 1 heterocycles. The number of ether oxygens (including phenoxy) is 1. The molecule has 3 aromatic rings. The van der Waals surface area contributed by atoms with Crippen molar-refractivity contribution < 1.29 is 19.6 Å². The van der Waals surface area contributed by atoms with E-state index in [0.717, 1.165) is 4.57 Å². The van der Waals surface area contributed by atoms with Crippen molar-refractivity contribution >= 4 is 17.3 Å². The van der Waals surface area contributed by atoms with Crippen LogP contribution in [0, 0.1) is 10.1 Å². The molecule has 0 saturated carbocycles. The minimum Gasteiger partial charge on any atom is -0.487 e. The SMILES string of the molecule is Cn1c(NCCN(CCO)CCCOc2ccc(C(=O)c3ccccc3)cc2[N+](=O)[O-])cc(=O)n(C)c1=O. The van der Waals surface area contributed by atoms with E-state index >= 15 is 0 Å². The maximum atomic E-state index is 12.6. The van der Waals surface area contributed by atoms with E-state index in [0.29, 0.717) is 44.0 Å². The third kappa shape index (κ3) is 7.14. The number of aliphatic hydroxyl groups is 1. The number of carbonyl (C=O) groups excluding carboxylic acids is 1. The summed E-state index contributed by atoms with van der Waals surface area (Å²) < 4.78 is 8.02. The molecule has 38 heavy (non-hydrogen) atoms. The summed E-state index contributed by atoms with van der Waals surface area (Å²) in [5.41, 5.74) is -0.498. The van der Waals surface area contributed by atoms with Gasteiger partial charge in [-0.05, 0) is 18.6 Å². The van der Waals surface area contributed by atoms with Crippen LogP contribution in [0.25, 0.3) is 0 Å². The van der Waals surface area contributed by atoms with Gasteiger partial charge in [-0.25, -0.2) is 4.79 Å². The van der Waals surface area contributed by atoms with Crippen molar-refractivity contribution in [1.82, 2.24) is 14.0 Å². The molecule has 0 radical (unpaired) electrons. The second-order valence-electron chi connectivity index (χ2n) is 8.60. The van der Waals surface area contributed by atoms with E-state index in [4.69, 9.17) is 4.74 Å². The molecule has 0 aliphatic rings. The Morgan fingerprint density at radius 3 is 2.45 bits per heavy atom. The smallest absolute Gasteiger partial charge is 0.332 e. The van der Waals surface area contributed by atoms with Crippen LogP contribution < -0.4 is 21.3 Å². The molecule has 0 unspecified atom stereocenters.